The first-order valence-electron chi connectivity index (χ1n) is 14.2. The Morgan fingerprint density at radius 3 is 2.18 bits per heavy atom. The average molecular weight is 556 g/mol. The van der Waals surface area contributed by atoms with Crippen LogP contribution in [0.25, 0.3) is 0 Å². The molecule has 0 unspecified atom stereocenters. The van der Waals surface area contributed by atoms with Gasteiger partial charge in [-0.05, 0) is 68.2 Å². The van der Waals surface area contributed by atoms with Gasteiger partial charge in [0.25, 0.3) is 5.91 Å². The number of amides is 2. The van der Waals surface area contributed by atoms with Gasteiger partial charge in [0, 0.05) is 37.8 Å². The molecule has 1 aliphatic rings. The maximum absolute atomic E-state index is 13.9. The predicted octanol–water partition coefficient (Wildman–Crippen LogP) is 5.02. The highest BCUT2D eigenvalue weighted by atomic mass is 32.2. The number of hydrogen-bond donors (Lipinski definition) is 0. The third-order valence-electron chi connectivity index (χ3n) is 7.61. The van der Waals surface area contributed by atoms with Crippen LogP contribution in [0.3, 0.4) is 0 Å². The van der Waals surface area contributed by atoms with Crippen molar-refractivity contribution in [3.8, 4) is 0 Å². The van der Waals surface area contributed by atoms with E-state index in [0.29, 0.717) is 63.3 Å². The van der Waals surface area contributed by atoms with Crippen LogP contribution in [-0.4, -0.2) is 72.3 Å². The number of carbonyl (C=O) groups excluding carboxylic acids is 2. The smallest absolute Gasteiger partial charge is 0.254 e. The second kappa shape index (κ2) is 14.1. The second-order valence-electron chi connectivity index (χ2n) is 11.1. The Morgan fingerprint density at radius 2 is 1.59 bits per heavy atom. The van der Waals surface area contributed by atoms with E-state index >= 15 is 0 Å². The van der Waals surface area contributed by atoms with E-state index in [9.17, 15) is 18.0 Å². The lowest BCUT2D eigenvalue weighted by atomic mass is 9.99. The van der Waals surface area contributed by atoms with Gasteiger partial charge >= 0.3 is 0 Å². The van der Waals surface area contributed by atoms with Crippen LogP contribution < -0.4 is 0 Å². The van der Waals surface area contributed by atoms with Crippen LogP contribution in [0.1, 0.15) is 73.5 Å². The average Bonchev–Trinajstić information content (AvgIpc) is 2.90. The third-order valence-corrected chi connectivity index (χ3v) is 9.64. The van der Waals surface area contributed by atoms with Gasteiger partial charge in [-0.1, -0.05) is 63.2 Å². The topological polar surface area (TPSA) is 78.0 Å². The Labute approximate surface area is 235 Å². The van der Waals surface area contributed by atoms with Gasteiger partial charge in [-0.25, -0.2) is 8.42 Å². The third kappa shape index (κ3) is 8.39. The molecule has 2 amide bonds. The SMILES string of the molecule is CCCS(=O)(=O)N(CCC(C)C)CC(=O)N(Cc1ccccc1C)C1CCN(C(=O)c2ccccc2C)CC1. The quantitative estimate of drug-likeness (QED) is 0.368. The summed E-state index contributed by atoms with van der Waals surface area (Å²) in [6.45, 7) is 11.7. The van der Waals surface area contributed by atoms with Crippen molar-refractivity contribution in [1.82, 2.24) is 14.1 Å². The zero-order valence-corrected chi connectivity index (χ0v) is 25.0. The van der Waals surface area contributed by atoms with E-state index in [1.807, 2.05) is 79.1 Å². The van der Waals surface area contributed by atoms with Crippen LogP contribution in [0.15, 0.2) is 48.5 Å². The first-order chi connectivity index (χ1) is 18.5. The molecule has 7 nitrogen and oxygen atoms in total. The van der Waals surface area contributed by atoms with E-state index in [1.54, 1.807) is 0 Å². The standard InChI is InChI=1S/C31H45N3O4S/c1-6-21-39(37,38)33(20-15-24(2)3)23-30(35)34(22-27-13-9-7-11-25(27)4)28-16-18-32(19-17-28)31(36)29-14-10-8-12-26(29)5/h7-14,24,28H,6,15-23H2,1-5H3. The van der Waals surface area contributed by atoms with Crippen molar-refractivity contribution in [2.45, 2.75) is 72.9 Å². The van der Waals surface area contributed by atoms with E-state index in [-0.39, 0.29) is 30.2 Å². The minimum Gasteiger partial charge on any atom is -0.338 e. The summed E-state index contributed by atoms with van der Waals surface area (Å²) in [5.41, 5.74) is 3.81. The van der Waals surface area contributed by atoms with Crippen LogP contribution in [-0.2, 0) is 21.4 Å². The summed E-state index contributed by atoms with van der Waals surface area (Å²) in [5, 5.41) is 0. The van der Waals surface area contributed by atoms with Gasteiger partial charge in [0.1, 0.15) is 0 Å². The number of nitrogens with zero attached hydrogens (tertiary/aromatic N) is 3. The van der Waals surface area contributed by atoms with Gasteiger partial charge in [-0.2, -0.15) is 4.31 Å². The lowest BCUT2D eigenvalue weighted by molar-refractivity contribution is -0.135. The fraction of sp³-hybridized carbons (Fsp3) is 0.548. The Balaban J connectivity index is 1.81. The van der Waals surface area contributed by atoms with Crippen molar-refractivity contribution in [1.29, 1.82) is 0 Å². The van der Waals surface area contributed by atoms with Crippen LogP contribution in [0.4, 0.5) is 0 Å². The molecule has 0 aromatic heterocycles. The maximum atomic E-state index is 13.9. The van der Waals surface area contributed by atoms with Crippen LogP contribution in [0, 0.1) is 19.8 Å². The highest BCUT2D eigenvalue weighted by Gasteiger charge is 2.33. The molecule has 0 atom stereocenters. The molecule has 1 fully saturated rings. The number of piperidine rings is 1. The van der Waals surface area contributed by atoms with Gasteiger partial charge in [0.05, 0.1) is 12.3 Å². The number of hydrogen-bond acceptors (Lipinski definition) is 4. The van der Waals surface area contributed by atoms with Crippen molar-refractivity contribution in [3.63, 3.8) is 0 Å². The molecule has 2 aromatic carbocycles. The zero-order chi connectivity index (χ0) is 28.6. The number of sulfonamides is 1. The largest absolute Gasteiger partial charge is 0.338 e. The Bertz CT molecular complexity index is 1220. The molecule has 0 aliphatic carbocycles. The maximum Gasteiger partial charge on any atom is 0.254 e. The summed E-state index contributed by atoms with van der Waals surface area (Å²) in [6, 6.07) is 15.5. The van der Waals surface area contributed by atoms with Crippen molar-refractivity contribution < 1.29 is 18.0 Å². The van der Waals surface area contributed by atoms with Gasteiger partial charge in [-0.3, -0.25) is 9.59 Å². The van der Waals surface area contributed by atoms with Gasteiger partial charge in [0.15, 0.2) is 0 Å². The van der Waals surface area contributed by atoms with E-state index in [1.165, 1.54) is 4.31 Å². The van der Waals surface area contributed by atoms with Crippen molar-refractivity contribution in [2.75, 3.05) is 31.9 Å². The van der Waals surface area contributed by atoms with E-state index < -0.39 is 10.0 Å². The molecule has 1 saturated heterocycles. The molecule has 8 heteroatoms. The highest BCUT2D eigenvalue weighted by molar-refractivity contribution is 7.89. The summed E-state index contributed by atoms with van der Waals surface area (Å²) in [5.74, 6) is 0.215. The van der Waals surface area contributed by atoms with E-state index in [4.69, 9.17) is 0 Å². The number of aryl methyl sites for hydroxylation is 2. The molecule has 0 bridgehead atoms. The number of benzene rings is 2. The normalized spacial score (nSPS) is 14.7. The van der Waals surface area contributed by atoms with E-state index in [0.717, 1.165) is 16.7 Å². The fourth-order valence-corrected chi connectivity index (χ4v) is 6.57. The number of rotatable bonds is 12. The van der Waals surface area contributed by atoms with Crippen LogP contribution in [0.2, 0.25) is 0 Å². The fourth-order valence-electron chi connectivity index (χ4n) is 5.10. The number of likely N-dealkylation sites (tertiary alicyclic amines) is 1. The summed E-state index contributed by atoms with van der Waals surface area (Å²) in [7, 11) is -3.53. The molecule has 2 aromatic rings. The minimum atomic E-state index is -3.53. The lowest BCUT2D eigenvalue weighted by Crippen LogP contribution is -2.51. The van der Waals surface area contributed by atoms with Crippen LogP contribution in [0.5, 0.6) is 0 Å². The van der Waals surface area contributed by atoms with Crippen molar-refractivity contribution >= 4 is 21.8 Å². The predicted molar refractivity (Wildman–Crippen MR) is 157 cm³/mol. The molecular formula is C31H45N3O4S. The molecule has 39 heavy (non-hydrogen) atoms. The summed E-state index contributed by atoms with van der Waals surface area (Å²) >= 11 is 0. The summed E-state index contributed by atoms with van der Waals surface area (Å²) in [4.78, 5) is 30.8. The minimum absolute atomic E-state index is 0.0221. The molecule has 0 radical (unpaired) electrons. The lowest BCUT2D eigenvalue weighted by Gasteiger charge is -2.39. The molecule has 3 rings (SSSR count). The summed E-state index contributed by atoms with van der Waals surface area (Å²) < 4.78 is 27.6. The highest BCUT2D eigenvalue weighted by Crippen LogP contribution is 2.23. The molecule has 1 heterocycles. The molecular weight excluding hydrogens is 510 g/mol. The van der Waals surface area contributed by atoms with Gasteiger partial charge in [0.2, 0.25) is 15.9 Å². The first-order valence-corrected chi connectivity index (χ1v) is 15.8. The van der Waals surface area contributed by atoms with Gasteiger partial charge in [-0.15, -0.1) is 0 Å². The van der Waals surface area contributed by atoms with Crippen molar-refractivity contribution in [2.24, 2.45) is 5.92 Å². The number of carbonyl (C=O) groups is 2. The van der Waals surface area contributed by atoms with Gasteiger partial charge < -0.3 is 9.80 Å². The second-order valence-corrected chi connectivity index (χ2v) is 13.2. The summed E-state index contributed by atoms with van der Waals surface area (Å²) in [6.07, 6.45) is 2.52. The molecule has 0 saturated carbocycles. The zero-order valence-electron chi connectivity index (χ0n) is 24.2. The Hall–Kier alpha value is -2.71. The molecule has 1 aliphatic heterocycles. The Kier molecular flexibility index (Phi) is 11.1. The molecule has 0 N–H and O–H groups in total. The molecule has 0 spiro atoms. The monoisotopic (exact) mass is 555 g/mol. The molecule has 214 valence electrons. The first kappa shape index (κ1) is 30.8. The van der Waals surface area contributed by atoms with Crippen molar-refractivity contribution in [3.05, 3.63) is 70.8 Å². The Morgan fingerprint density at radius 1 is 0.974 bits per heavy atom. The van der Waals surface area contributed by atoms with Crippen LogP contribution >= 0.6 is 0 Å². The van der Waals surface area contributed by atoms with E-state index in [2.05, 4.69) is 13.8 Å².